The van der Waals surface area contributed by atoms with Gasteiger partial charge in [0.2, 0.25) is 0 Å². The van der Waals surface area contributed by atoms with E-state index < -0.39 is 5.97 Å². The Bertz CT molecular complexity index is 762. The summed E-state index contributed by atoms with van der Waals surface area (Å²) >= 11 is 3.00. The van der Waals surface area contributed by atoms with Gasteiger partial charge in [-0.15, -0.1) is 11.3 Å². The summed E-state index contributed by atoms with van der Waals surface area (Å²) in [5, 5.41) is 9.28. The van der Waals surface area contributed by atoms with Gasteiger partial charge >= 0.3 is 5.97 Å². The molecule has 0 atom stereocenters. The van der Waals surface area contributed by atoms with E-state index in [9.17, 15) is 9.90 Å². The molecule has 3 aromatic rings. The number of hydrogen-bond acceptors (Lipinski definition) is 4. The SMILES string of the molecule is Cc1cccc(C(=O)O)c1Sc1nc2ccccc2s1. The minimum atomic E-state index is -0.905. The zero-order valence-electron chi connectivity index (χ0n) is 10.7. The first-order chi connectivity index (χ1) is 9.65. The number of para-hydroxylation sites is 1. The standard InChI is InChI=1S/C15H11NO2S2/c1-9-5-4-6-10(14(17)18)13(9)20-15-16-11-7-2-3-8-12(11)19-15/h2-8H,1H3,(H,17,18). The van der Waals surface area contributed by atoms with E-state index in [1.165, 1.54) is 11.8 Å². The van der Waals surface area contributed by atoms with Crippen LogP contribution in [-0.2, 0) is 0 Å². The van der Waals surface area contributed by atoms with Crippen molar-refractivity contribution in [1.29, 1.82) is 0 Å². The van der Waals surface area contributed by atoms with Crippen molar-refractivity contribution >= 4 is 39.3 Å². The summed E-state index contributed by atoms with van der Waals surface area (Å²) in [7, 11) is 0. The van der Waals surface area contributed by atoms with Crippen LogP contribution in [-0.4, -0.2) is 16.1 Å². The van der Waals surface area contributed by atoms with Gasteiger partial charge in [-0.05, 0) is 30.7 Å². The maximum absolute atomic E-state index is 11.3. The number of rotatable bonds is 3. The summed E-state index contributed by atoms with van der Waals surface area (Å²) in [5.41, 5.74) is 2.23. The van der Waals surface area contributed by atoms with Crippen molar-refractivity contribution in [2.45, 2.75) is 16.2 Å². The van der Waals surface area contributed by atoms with Crippen molar-refractivity contribution in [2.24, 2.45) is 0 Å². The van der Waals surface area contributed by atoms with Crippen LogP contribution in [0.4, 0.5) is 0 Å². The molecule has 0 aliphatic rings. The zero-order chi connectivity index (χ0) is 14.1. The molecule has 1 heterocycles. The number of carboxylic acids is 1. The maximum Gasteiger partial charge on any atom is 0.336 e. The lowest BCUT2D eigenvalue weighted by molar-refractivity contribution is 0.0693. The molecule has 1 aromatic heterocycles. The third kappa shape index (κ3) is 2.42. The molecule has 0 unspecified atom stereocenters. The number of aryl methyl sites for hydroxylation is 1. The lowest BCUT2D eigenvalue weighted by atomic mass is 10.1. The van der Waals surface area contributed by atoms with Gasteiger partial charge in [0.25, 0.3) is 0 Å². The first kappa shape index (κ1) is 13.1. The molecule has 100 valence electrons. The molecule has 2 aromatic carbocycles. The lowest BCUT2D eigenvalue weighted by Gasteiger charge is -2.06. The Labute approximate surface area is 124 Å². The van der Waals surface area contributed by atoms with Gasteiger partial charge < -0.3 is 5.11 Å². The Morgan fingerprint density at radius 2 is 2.00 bits per heavy atom. The van der Waals surface area contributed by atoms with Crippen LogP contribution >= 0.6 is 23.1 Å². The molecule has 0 aliphatic carbocycles. The van der Waals surface area contributed by atoms with E-state index in [0.29, 0.717) is 5.56 Å². The molecule has 0 bridgehead atoms. The van der Waals surface area contributed by atoms with E-state index >= 15 is 0 Å². The number of fused-ring (bicyclic) bond motifs is 1. The van der Waals surface area contributed by atoms with Crippen molar-refractivity contribution in [2.75, 3.05) is 0 Å². The van der Waals surface area contributed by atoms with Crippen LogP contribution in [0.2, 0.25) is 0 Å². The minimum Gasteiger partial charge on any atom is -0.478 e. The highest BCUT2D eigenvalue weighted by Crippen LogP contribution is 2.37. The third-order valence-electron chi connectivity index (χ3n) is 2.91. The predicted molar refractivity (Wildman–Crippen MR) is 81.9 cm³/mol. The van der Waals surface area contributed by atoms with E-state index in [2.05, 4.69) is 4.98 Å². The second-order valence-electron chi connectivity index (χ2n) is 4.31. The Morgan fingerprint density at radius 1 is 1.20 bits per heavy atom. The van der Waals surface area contributed by atoms with E-state index in [4.69, 9.17) is 0 Å². The number of aromatic nitrogens is 1. The van der Waals surface area contributed by atoms with E-state index in [-0.39, 0.29) is 0 Å². The number of nitrogens with zero attached hydrogens (tertiary/aromatic N) is 1. The van der Waals surface area contributed by atoms with Gasteiger partial charge in [-0.25, -0.2) is 9.78 Å². The molecule has 0 saturated carbocycles. The highest BCUT2D eigenvalue weighted by molar-refractivity contribution is 8.01. The Hall–Kier alpha value is -1.85. The summed E-state index contributed by atoms with van der Waals surface area (Å²) < 4.78 is 1.98. The number of hydrogen-bond donors (Lipinski definition) is 1. The van der Waals surface area contributed by atoms with Gasteiger partial charge in [-0.1, -0.05) is 36.0 Å². The van der Waals surface area contributed by atoms with Crippen molar-refractivity contribution in [3.05, 3.63) is 53.6 Å². The van der Waals surface area contributed by atoms with E-state index in [1.807, 2.05) is 37.3 Å². The smallest absolute Gasteiger partial charge is 0.336 e. The van der Waals surface area contributed by atoms with Crippen molar-refractivity contribution < 1.29 is 9.90 Å². The highest BCUT2D eigenvalue weighted by atomic mass is 32.2. The van der Waals surface area contributed by atoms with Gasteiger partial charge in [-0.3, -0.25) is 0 Å². The van der Waals surface area contributed by atoms with E-state index in [1.54, 1.807) is 23.5 Å². The fourth-order valence-corrected chi connectivity index (χ4v) is 4.13. The second-order valence-corrected chi connectivity index (χ2v) is 6.59. The highest BCUT2D eigenvalue weighted by Gasteiger charge is 2.15. The molecule has 0 radical (unpaired) electrons. The first-order valence-electron chi connectivity index (χ1n) is 6.01. The second kappa shape index (κ2) is 5.26. The maximum atomic E-state index is 11.3. The van der Waals surface area contributed by atoms with E-state index in [0.717, 1.165) is 25.0 Å². The molecule has 0 saturated heterocycles. The van der Waals surface area contributed by atoms with Crippen LogP contribution in [0.15, 0.2) is 51.7 Å². The summed E-state index contributed by atoms with van der Waals surface area (Å²) in [6.07, 6.45) is 0. The molecule has 3 nitrogen and oxygen atoms in total. The monoisotopic (exact) mass is 301 g/mol. The molecular formula is C15H11NO2S2. The largest absolute Gasteiger partial charge is 0.478 e. The van der Waals surface area contributed by atoms with Gasteiger partial charge in [0.1, 0.15) is 0 Å². The average molecular weight is 301 g/mol. The van der Waals surface area contributed by atoms with Crippen molar-refractivity contribution in [3.8, 4) is 0 Å². The summed E-state index contributed by atoms with van der Waals surface area (Å²) in [4.78, 5) is 16.6. The Morgan fingerprint density at radius 3 is 2.75 bits per heavy atom. The third-order valence-corrected chi connectivity index (χ3v) is 5.25. The predicted octanol–water partition coefficient (Wildman–Crippen LogP) is 4.45. The normalized spacial score (nSPS) is 10.8. The van der Waals surface area contributed by atoms with Crippen LogP contribution in [0.1, 0.15) is 15.9 Å². The average Bonchev–Trinajstić information content (AvgIpc) is 2.83. The molecule has 5 heteroatoms. The molecule has 0 aliphatic heterocycles. The first-order valence-corrected chi connectivity index (χ1v) is 7.65. The lowest BCUT2D eigenvalue weighted by Crippen LogP contribution is -1.99. The van der Waals surface area contributed by atoms with Gasteiger partial charge in [-0.2, -0.15) is 0 Å². The molecule has 0 fully saturated rings. The van der Waals surface area contributed by atoms with Crippen molar-refractivity contribution in [3.63, 3.8) is 0 Å². The van der Waals surface area contributed by atoms with Crippen LogP contribution in [0.5, 0.6) is 0 Å². The summed E-state index contributed by atoms with van der Waals surface area (Å²) in [6.45, 7) is 1.92. The van der Waals surface area contributed by atoms with Crippen LogP contribution < -0.4 is 0 Å². The number of benzene rings is 2. The fraction of sp³-hybridized carbons (Fsp3) is 0.0667. The Kier molecular flexibility index (Phi) is 3.46. The van der Waals surface area contributed by atoms with Crippen LogP contribution in [0, 0.1) is 6.92 Å². The zero-order valence-corrected chi connectivity index (χ0v) is 12.3. The molecule has 0 amide bonds. The van der Waals surface area contributed by atoms with Crippen LogP contribution in [0.3, 0.4) is 0 Å². The minimum absolute atomic E-state index is 0.328. The molecule has 3 rings (SSSR count). The molecular weight excluding hydrogens is 290 g/mol. The quantitative estimate of drug-likeness (QED) is 0.776. The summed E-state index contributed by atoms with van der Waals surface area (Å²) in [5.74, 6) is -0.905. The topological polar surface area (TPSA) is 50.2 Å². The van der Waals surface area contributed by atoms with Crippen molar-refractivity contribution in [1.82, 2.24) is 4.98 Å². The number of carbonyl (C=O) groups is 1. The number of thiazole rings is 1. The number of aromatic carboxylic acids is 1. The molecule has 20 heavy (non-hydrogen) atoms. The number of carboxylic acid groups (broad SMARTS) is 1. The summed E-state index contributed by atoms with van der Waals surface area (Å²) in [6, 6.07) is 13.2. The van der Waals surface area contributed by atoms with Gasteiger partial charge in [0, 0.05) is 4.90 Å². The molecule has 0 spiro atoms. The van der Waals surface area contributed by atoms with Crippen LogP contribution in [0.25, 0.3) is 10.2 Å². The van der Waals surface area contributed by atoms with Gasteiger partial charge in [0.15, 0.2) is 4.34 Å². The molecule has 1 N–H and O–H groups in total. The Balaban J connectivity index is 2.04. The van der Waals surface area contributed by atoms with Gasteiger partial charge in [0.05, 0.1) is 15.8 Å². The fourth-order valence-electron chi connectivity index (χ4n) is 1.94.